The van der Waals surface area contributed by atoms with Gasteiger partial charge in [-0.3, -0.25) is 9.59 Å². The van der Waals surface area contributed by atoms with E-state index in [4.69, 9.17) is 22.1 Å². The number of aliphatic imine (C=N–C) groups is 1. The molecule has 7 nitrogen and oxygen atoms in total. The first-order chi connectivity index (χ1) is 10.6. The zero-order valence-electron chi connectivity index (χ0n) is 11.2. The number of ether oxygens (including phenoxy) is 1. The van der Waals surface area contributed by atoms with Gasteiger partial charge in [-0.2, -0.15) is 0 Å². The molecule has 0 aromatic carbocycles. The summed E-state index contributed by atoms with van der Waals surface area (Å²) in [6, 6.07) is 2.93. The van der Waals surface area contributed by atoms with E-state index >= 15 is 0 Å². The third-order valence-corrected chi connectivity index (χ3v) is 3.43. The summed E-state index contributed by atoms with van der Waals surface area (Å²) >= 11 is 5.76. The second-order valence-electron chi connectivity index (χ2n) is 4.65. The summed E-state index contributed by atoms with van der Waals surface area (Å²) in [6.45, 7) is 0. The van der Waals surface area contributed by atoms with Crippen LogP contribution in [0.2, 0.25) is 5.15 Å². The Hall–Kier alpha value is -2.67. The Balaban J connectivity index is 1.89. The molecule has 1 aromatic rings. The van der Waals surface area contributed by atoms with Gasteiger partial charge in [-0.05, 0) is 18.2 Å². The molecule has 2 unspecified atom stereocenters. The quantitative estimate of drug-likeness (QED) is 0.803. The number of dihydropyridines is 1. The lowest BCUT2D eigenvalue weighted by molar-refractivity contribution is -0.118. The predicted molar refractivity (Wildman–Crippen MR) is 78.9 cm³/mol. The number of rotatable bonds is 3. The normalized spacial score (nSPS) is 22.2. The number of carbonyl (C=O) groups excluding carboxylic acids is 2. The fraction of sp³-hybridized carbons (Fsp3) is 0.143. The summed E-state index contributed by atoms with van der Waals surface area (Å²) in [4.78, 5) is 31.7. The van der Waals surface area contributed by atoms with Gasteiger partial charge in [0, 0.05) is 18.0 Å². The number of amides is 2. The van der Waals surface area contributed by atoms with E-state index in [1.807, 2.05) is 0 Å². The molecule has 0 bridgehead atoms. The number of aromatic nitrogens is 1. The van der Waals surface area contributed by atoms with E-state index in [1.54, 1.807) is 18.4 Å². The van der Waals surface area contributed by atoms with E-state index in [0.717, 1.165) is 0 Å². The third kappa shape index (κ3) is 2.58. The molecule has 0 fully saturated rings. The SMILES string of the molecule is NC(=O)C1=C(NC(=O)c2ccnc(Cl)c2)C2C=CC=NC2O1. The number of hydrogen-bond donors (Lipinski definition) is 2. The lowest BCUT2D eigenvalue weighted by Gasteiger charge is -2.16. The van der Waals surface area contributed by atoms with E-state index in [2.05, 4.69) is 15.3 Å². The molecular weight excluding hydrogens is 308 g/mol. The van der Waals surface area contributed by atoms with Gasteiger partial charge in [-0.1, -0.05) is 17.7 Å². The number of carbonyl (C=O) groups is 2. The van der Waals surface area contributed by atoms with Gasteiger partial charge in [0.15, 0.2) is 0 Å². The summed E-state index contributed by atoms with van der Waals surface area (Å²) in [5.74, 6) is -1.66. The van der Waals surface area contributed by atoms with Gasteiger partial charge in [0.05, 0.1) is 11.6 Å². The molecule has 0 spiro atoms. The summed E-state index contributed by atoms with van der Waals surface area (Å²) in [5.41, 5.74) is 5.90. The van der Waals surface area contributed by atoms with Crippen LogP contribution in [0.4, 0.5) is 0 Å². The van der Waals surface area contributed by atoms with Crippen molar-refractivity contribution in [2.45, 2.75) is 6.23 Å². The molecular formula is C14H11ClN4O3. The lowest BCUT2D eigenvalue weighted by atomic mass is 10.0. The monoisotopic (exact) mass is 318 g/mol. The van der Waals surface area contributed by atoms with E-state index in [9.17, 15) is 9.59 Å². The number of fused-ring (bicyclic) bond motifs is 1. The number of nitrogens with two attached hydrogens (primary N) is 1. The molecule has 0 saturated heterocycles. The minimum atomic E-state index is -0.763. The van der Waals surface area contributed by atoms with Crippen LogP contribution in [0.5, 0.6) is 0 Å². The highest BCUT2D eigenvalue weighted by Crippen LogP contribution is 2.32. The van der Waals surface area contributed by atoms with E-state index in [0.29, 0.717) is 11.3 Å². The number of nitrogens with zero attached hydrogens (tertiary/aromatic N) is 2. The summed E-state index contributed by atoms with van der Waals surface area (Å²) in [7, 11) is 0. The summed E-state index contributed by atoms with van der Waals surface area (Å²) in [6.07, 6.45) is 5.88. The molecule has 2 aliphatic rings. The van der Waals surface area contributed by atoms with Crippen molar-refractivity contribution in [1.29, 1.82) is 0 Å². The highest BCUT2D eigenvalue weighted by atomic mass is 35.5. The predicted octanol–water partition coefficient (Wildman–Crippen LogP) is 0.775. The molecule has 112 valence electrons. The smallest absolute Gasteiger partial charge is 0.285 e. The highest BCUT2D eigenvalue weighted by molar-refractivity contribution is 6.29. The van der Waals surface area contributed by atoms with Crippen molar-refractivity contribution in [2.24, 2.45) is 16.6 Å². The number of pyridine rings is 1. The van der Waals surface area contributed by atoms with Gasteiger partial charge < -0.3 is 15.8 Å². The van der Waals surface area contributed by atoms with E-state index in [-0.39, 0.29) is 16.8 Å². The van der Waals surface area contributed by atoms with Crippen LogP contribution in [0.25, 0.3) is 0 Å². The second-order valence-corrected chi connectivity index (χ2v) is 5.03. The zero-order chi connectivity index (χ0) is 15.7. The molecule has 3 heterocycles. The van der Waals surface area contributed by atoms with Gasteiger partial charge in [0.1, 0.15) is 5.15 Å². The number of hydrogen-bond acceptors (Lipinski definition) is 5. The highest BCUT2D eigenvalue weighted by Gasteiger charge is 2.39. The maximum Gasteiger partial charge on any atom is 0.285 e. The number of nitrogens with one attached hydrogen (secondary N) is 1. The first-order valence-corrected chi connectivity index (χ1v) is 6.77. The molecule has 0 saturated carbocycles. The molecule has 0 aliphatic carbocycles. The molecule has 2 atom stereocenters. The Morgan fingerprint density at radius 2 is 2.23 bits per heavy atom. The van der Waals surface area contributed by atoms with Crippen LogP contribution in [0, 0.1) is 5.92 Å². The van der Waals surface area contributed by atoms with Crippen LogP contribution in [0.15, 0.2) is 46.9 Å². The van der Waals surface area contributed by atoms with Crippen LogP contribution < -0.4 is 11.1 Å². The van der Waals surface area contributed by atoms with Crippen molar-refractivity contribution in [3.63, 3.8) is 0 Å². The van der Waals surface area contributed by atoms with E-state index < -0.39 is 18.0 Å². The topological polar surface area (TPSA) is 107 Å². The molecule has 8 heteroatoms. The average molecular weight is 319 g/mol. The largest absolute Gasteiger partial charge is 0.460 e. The maximum atomic E-state index is 12.3. The Morgan fingerprint density at radius 3 is 2.95 bits per heavy atom. The zero-order valence-corrected chi connectivity index (χ0v) is 11.9. The van der Waals surface area contributed by atoms with Crippen LogP contribution in [-0.2, 0) is 9.53 Å². The Kier molecular flexibility index (Phi) is 3.64. The number of halogens is 1. The van der Waals surface area contributed by atoms with Gasteiger partial charge in [-0.15, -0.1) is 0 Å². The third-order valence-electron chi connectivity index (χ3n) is 3.22. The van der Waals surface area contributed by atoms with Crippen LogP contribution in [0.3, 0.4) is 0 Å². The molecule has 2 amide bonds. The van der Waals surface area contributed by atoms with Crippen molar-refractivity contribution in [3.8, 4) is 0 Å². The standard InChI is InChI=1S/C14H11ClN4O3/c15-9-6-7(3-5-17-9)13(21)19-10-8-2-1-4-18-14(8)22-11(10)12(16)20/h1-6,8,14H,(H2,16,20)(H,19,21). The maximum absolute atomic E-state index is 12.3. The van der Waals surface area contributed by atoms with Crippen LogP contribution in [-0.4, -0.2) is 29.2 Å². The fourth-order valence-electron chi connectivity index (χ4n) is 2.24. The lowest BCUT2D eigenvalue weighted by Crippen LogP contribution is -2.30. The van der Waals surface area contributed by atoms with Crippen molar-refractivity contribution in [2.75, 3.05) is 0 Å². The van der Waals surface area contributed by atoms with Crippen LogP contribution in [0.1, 0.15) is 10.4 Å². The second kappa shape index (κ2) is 5.61. The Morgan fingerprint density at radius 1 is 1.41 bits per heavy atom. The van der Waals surface area contributed by atoms with Gasteiger partial charge in [0.2, 0.25) is 12.0 Å². The molecule has 3 N–H and O–H groups in total. The first-order valence-electron chi connectivity index (χ1n) is 6.40. The van der Waals surface area contributed by atoms with Crippen molar-refractivity contribution in [3.05, 3.63) is 52.7 Å². The average Bonchev–Trinajstić information content (AvgIpc) is 2.86. The van der Waals surface area contributed by atoms with Crippen molar-refractivity contribution in [1.82, 2.24) is 10.3 Å². The molecule has 22 heavy (non-hydrogen) atoms. The molecule has 3 rings (SSSR count). The summed E-state index contributed by atoms with van der Waals surface area (Å²) in [5, 5.41) is 2.85. The number of primary amides is 1. The van der Waals surface area contributed by atoms with Gasteiger partial charge >= 0.3 is 0 Å². The van der Waals surface area contributed by atoms with Gasteiger partial charge in [0.25, 0.3) is 11.8 Å². The van der Waals surface area contributed by atoms with Crippen molar-refractivity contribution >= 4 is 29.6 Å². The first kappa shape index (κ1) is 14.3. The van der Waals surface area contributed by atoms with Crippen molar-refractivity contribution < 1.29 is 14.3 Å². The molecule has 0 radical (unpaired) electrons. The Labute approximate surface area is 130 Å². The van der Waals surface area contributed by atoms with Gasteiger partial charge in [-0.25, -0.2) is 9.98 Å². The fourth-order valence-corrected chi connectivity index (χ4v) is 2.41. The van der Waals surface area contributed by atoms with Crippen LogP contribution >= 0.6 is 11.6 Å². The minimum absolute atomic E-state index is 0.0906. The number of allylic oxidation sites excluding steroid dienone is 1. The summed E-state index contributed by atoms with van der Waals surface area (Å²) < 4.78 is 5.40. The Bertz CT molecular complexity index is 741. The molecule has 1 aromatic heterocycles. The molecule has 2 aliphatic heterocycles. The minimum Gasteiger partial charge on any atom is -0.460 e. The van der Waals surface area contributed by atoms with E-state index in [1.165, 1.54) is 18.3 Å².